The van der Waals surface area contributed by atoms with Crippen LogP contribution in [0.4, 0.5) is 5.69 Å². The quantitative estimate of drug-likeness (QED) is 0.263. The van der Waals surface area contributed by atoms with E-state index in [0.717, 1.165) is 27.7 Å². The standard InChI is InChI=1S/C28H24N4O2S/c1-19-8-14-24(15-9-19)32-26(25-7-4-16-34-25)30-31-28(32)35-18-21-10-12-22(13-11-21)27(33)29-23-6-3-5-20(2)17-23/h3-17H,18H2,1-2H3,(H,29,33). The first-order valence-electron chi connectivity index (χ1n) is 11.2. The highest BCUT2D eigenvalue weighted by Crippen LogP contribution is 2.30. The van der Waals surface area contributed by atoms with Crippen molar-refractivity contribution in [3.05, 3.63) is 113 Å². The Balaban J connectivity index is 1.32. The second-order valence-electron chi connectivity index (χ2n) is 8.26. The van der Waals surface area contributed by atoms with Gasteiger partial charge in [-0.15, -0.1) is 10.2 Å². The molecule has 0 atom stereocenters. The van der Waals surface area contributed by atoms with E-state index in [2.05, 4.69) is 46.7 Å². The summed E-state index contributed by atoms with van der Waals surface area (Å²) in [6.45, 7) is 4.06. The minimum atomic E-state index is -0.128. The maximum atomic E-state index is 12.6. The van der Waals surface area contributed by atoms with Gasteiger partial charge in [-0.1, -0.05) is 53.7 Å². The van der Waals surface area contributed by atoms with Crippen molar-refractivity contribution < 1.29 is 9.21 Å². The predicted molar refractivity (Wildman–Crippen MR) is 139 cm³/mol. The van der Waals surface area contributed by atoms with Crippen molar-refractivity contribution in [2.45, 2.75) is 24.8 Å². The van der Waals surface area contributed by atoms with Crippen LogP contribution in [0.2, 0.25) is 0 Å². The van der Waals surface area contributed by atoms with Gasteiger partial charge in [0.25, 0.3) is 5.91 Å². The largest absolute Gasteiger partial charge is 0.461 e. The van der Waals surface area contributed by atoms with Gasteiger partial charge in [-0.25, -0.2) is 0 Å². The van der Waals surface area contributed by atoms with Gasteiger partial charge in [-0.05, 0) is 73.5 Å². The third-order valence-electron chi connectivity index (χ3n) is 5.53. The van der Waals surface area contributed by atoms with E-state index in [-0.39, 0.29) is 5.91 Å². The number of hydrogen-bond donors (Lipinski definition) is 1. The van der Waals surface area contributed by atoms with Gasteiger partial charge in [-0.3, -0.25) is 9.36 Å². The molecule has 174 valence electrons. The summed E-state index contributed by atoms with van der Waals surface area (Å²) >= 11 is 1.58. The van der Waals surface area contributed by atoms with E-state index in [1.807, 2.05) is 72.2 Å². The summed E-state index contributed by atoms with van der Waals surface area (Å²) in [7, 11) is 0. The third-order valence-corrected chi connectivity index (χ3v) is 6.53. The summed E-state index contributed by atoms with van der Waals surface area (Å²) in [6, 6.07) is 27.4. The molecule has 1 N–H and O–H groups in total. The molecular formula is C28H24N4O2S. The molecule has 0 aliphatic carbocycles. The van der Waals surface area contributed by atoms with Crippen LogP contribution in [-0.2, 0) is 5.75 Å². The van der Waals surface area contributed by atoms with Crippen molar-refractivity contribution >= 4 is 23.4 Å². The molecule has 35 heavy (non-hydrogen) atoms. The molecule has 2 aromatic heterocycles. The molecule has 1 amide bonds. The monoisotopic (exact) mass is 480 g/mol. The lowest BCUT2D eigenvalue weighted by molar-refractivity contribution is 0.102. The summed E-state index contributed by atoms with van der Waals surface area (Å²) in [5, 5.41) is 12.5. The van der Waals surface area contributed by atoms with E-state index in [0.29, 0.717) is 22.9 Å². The minimum Gasteiger partial charge on any atom is -0.461 e. The number of benzene rings is 3. The van der Waals surface area contributed by atoms with Gasteiger partial charge >= 0.3 is 0 Å². The van der Waals surface area contributed by atoms with Gasteiger partial charge < -0.3 is 9.73 Å². The smallest absolute Gasteiger partial charge is 0.255 e. The minimum absolute atomic E-state index is 0.128. The number of thioether (sulfide) groups is 1. The first-order chi connectivity index (χ1) is 17.1. The Morgan fingerprint density at radius 1 is 0.914 bits per heavy atom. The second-order valence-corrected chi connectivity index (χ2v) is 9.21. The zero-order valence-electron chi connectivity index (χ0n) is 19.4. The topological polar surface area (TPSA) is 73.0 Å². The first-order valence-corrected chi connectivity index (χ1v) is 12.2. The highest BCUT2D eigenvalue weighted by Gasteiger charge is 2.18. The molecule has 7 heteroatoms. The molecule has 6 nitrogen and oxygen atoms in total. The van der Waals surface area contributed by atoms with E-state index < -0.39 is 0 Å². The highest BCUT2D eigenvalue weighted by molar-refractivity contribution is 7.98. The van der Waals surface area contributed by atoms with Gasteiger partial charge in [0.15, 0.2) is 10.9 Å². The lowest BCUT2D eigenvalue weighted by Gasteiger charge is -2.10. The molecule has 5 rings (SSSR count). The van der Waals surface area contributed by atoms with Gasteiger partial charge in [0.1, 0.15) is 0 Å². The highest BCUT2D eigenvalue weighted by atomic mass is 32.2. The number of carbonyl (C=O) groups excluding carboxylic acids is 1. The van der Waals surface area contributed by atoms with Crippen LogP contribution in [-0.4, -0.2) is 20.7 Å². The molecule has 0 fully saturated rings. The van der Waals surface area contributed by atoms with Crippen LogP contribution in [0.3, 0.4) is 0 Å². The number of nitrogens with zero attached hydrogens (tertiary/aromatic N) is 3. The number of carbonyl (C=O) groups is 1. The lowest BCUT2D eigenvalue weighted by Crippen LogP contribution is -2.11. The predicted octanol–water partition coefficient (Wildman–Crippen LogP) is 6.69. The van der Waals surface area contributed by atoms with E-state index in [4.69, 9.17) is 4.42 Å². The van der Waals surface area contributed by atoms with Crippen LogP contribution >= 0.6 is 11.8 Å². The number of rotatable bonds is 7. The average molecular weight is 481 g/mol. The van der Waals surface area contributed by atoms with Gasteiger partial charge in [0.2, 0.25) is 5.82 Å². The number of nitrogens with one attached hydrogen (secondary N) is 1. The molecule has 0 unspecified atom stereocenters. The van der Waals surface area contributed by atoms with E-state index >= 15 is 0 Å². The van der Waals surface area contributed by atoms with Crippen LogP contribution in [0.1, 0.15) is 27.0 Å². The Morgan fingerprint density at radius 3 is 2.43 bits per heavy atom. The molecule has 0 bridgehead atoms. The summed E-state index contributed by atoms with van der Waals surface area (Å²) in [5.41, 5.74) is 5.74. The number of hydrogen-bond acceptors (Lipinski definition) is 5. The molecule has 0 aliphatic rings. The van der Waals surface area contributed by atoms with Crippen molar-refractivity contribution in [3.63, 3.8) is 0 Å². The van der Waals surface area contributed by atoms with Crippen LogP contribution in [0.5, 0.6) is 0 Å². The Kier molecular flexibility index (Phi) is 6.50. The molecule has 0 spiro atoms. The normalized spacial score (nSPS) is 10.9. The fourth-order valence-electron chi connectivity index (χ4n) is 3.68. The van der Waals surface area contributed by atoms with E-state index in [1.165, 1.54) is 5.56 Å². The molecule has 5 aromatic rings. The maximum Gasteiger partial charge on any atom is 0.255 e. The van der Waals surface area contributed by atoms with Gasteiger partial charge in [0.05, 0.1) is 6.26 Å². The number of aryl methyl sites for hydroxylation is 2. The number of aromatic nitrogens is 3. The van der Waals surface area contributed by atoms with Crippen LogP contribution in [0.25, 0.3) is 17.3 Å². The number of amides is 1. The van der Waals surface area contributed by atoms with Crippen molar-refractivity contribution in [3.8, 4) is 17.3 Å². The Bertz CT molecular complexity index is 1440. The van der Waals surface area contributed by atoms with E-state index in [9.17, 15) is 4.79 Å². The summed E-state index contributed by atoms with van der Waals surface area (Å²) in [4.78, 5) is 12.6. The molecule has 2 heterocycles. The van der Waals surface area contributed by atoms with Gasteiger partial charge in [-0.2, -0.15) is 0 Å². The maximum absolute atomic E-state index is 12.6. The molecule has 0 radical (unpaired) electrons. The number of furan rings is 1. The molecule has 0 aliphatic heterocycles. The zero-order valence-corrected chi connectivity index (χ0v) is 20.3. The SMILES string of the molecule is Cc1ccc(-n2c(SCc3ccc(C(=O)Nc4cccc(C)c4)cc3)nnc2-c2ccco2)cc1. The molecule has 0 saturated carbocycles. The Labute approximate surface area is 208 Å². The molecule has 3 aromatic carbocycles. The van der Waals surface area contributed by atoms with Crippen LogP contribution in [0, 0.1) is 13.8 Å². The van der Waals surface area contributed by atoms with Crippen molar-refractivity contribution in [2.24, 2.45) is 0 Å². The van der Waals surface area contributed by atoms with Crippen LogP contribution < -0.4 is 5.32 Å². The molecule has 0 saturated heterocycles. The Morgan fingerprint density at radius 2 is 1.71 bits per heavy atom. The summed E-state index contributed by atoms with van der Waals surface area (Å²) < 4.78 is 7.60. The van der Waals surface area contributed by atoms with E-state index in [1.54, 1.807) is 18.0 Å². The fourth-order valence-corrected chi connectivity index (χ4v) is 4.59. The first kappa shape index (κ1) is 22.7. The zero-order chi connectivity index (χ0) is 24.2. The molecular weight excluding hydrogens is 456 g/mol. The van der Waals surface area contributed by atoms with Crippen molar-refractivity contribution in [1.29, 1.82) is 0 Å². The number of anilines is 1. The average Bonchev–Trinajstić information content (AvgIpc) is 3.54. The van der Waals surface area contributed by atoms with Crippen molar-refractivity contribution in [1.82, 2.24) is 14.8 Å². The third kappa shape index (κ3) is 5.20. The van der Waals surface area contributed by atoms with Crippen LogP contribution in [0.15, 0.2) is 101 Å². The van der Waals surface area contributed by atoms with Gasteiger partial charge in [0, 0.05) is 22.7 Å². The fraction of sp³-hybridized carbons (Fsp3) is 0.107. The summed E-state index contributed by atoms with van der Waals surface area (Å²) in [5.74, 6) is 1.87. The Hall–Kier alpha value is -4.10. The summed E-state index contributed by atoms with van der Waals surface area (Å²) in [6.07, 6.45) is 1.63. The lowest BCUT2D eigenvalue weighted by atomic mass is 10.1. The van der Waals surface area contributed by atoms with Crippen molar-refractivity contribution in [2.75, 3.05) is 5.32 Å². The second kappa shape index (κ2) is 10.0.